The summed E-state index contributed by atoms with van der Waals surface area (Å²) in [5.74, 6) is 0. The van der Waals surface area contributed by atoms with Gasteiger partial charge in [-0.3, -0.25) is 0 Å². The van der Waals surface area contributed by atoms with Gasteiger partial charge in [0.25, 0.3) is 0 Å². The molecule has 0 atom stereocenters. The fraction of sp³-hybridized carbons (Fsp3) is 0.143. The van der Waals surface area contributed by atoms with Gasteiger partial charge in [-0.1, -0.05) is 30.3 Å². The minimum atomic E-state index is -2.87. The number of hydrogen-bond donors (Lipinski definition) is 4. The molecule has 1 rings (SSSR count). The average molecular weight is 253 g/mol. The van der Waals surface area contributed by atoms with Crippen LogP contribution in [0.2, 0.25) is 0 Å². The summed E-state index contributed by atoms with van der Waals surface area (Å²) in [4.78, 5) is 31.1. The highest BCUT2D eigenvalue weighted by Crippen LogP contribution is 2.25. The van der Waals surface area contributed by atoms with Crippen molar-refractivity contribution in [3.05, 3.63) is 35.9 Å². The molecule has 0 fully saturated rings. The van der Waals surface area contributed by atoms with Crippen LogP contribution in [0.15, 0.2) is 30.3 Å². The van der Waals surface area contributed by atoms with Gasteiger partial charge in [-0.05, 0) is 5.56 Å². The highest BCUT2D eigenvalue weighted by atomic mass is 31.2. The predicted octanol–water partition coefficient (Wildman–Crippen LogP) is 1.04. The van der Waals surface area contributed by atoms with Gasteiger partial charge in [-0.15, -0.1) is 9.79 Å². The van der Waals surface area contributed by atoms with Gasteiger partial charge < -0.3 is 14.3 Å². The van der Waals surface area contributed by atoms with Crippen molar-refractivity contribution in [1.29, 1.82) is 0 Å². The fourth-order valence-electron chi connectivity index (χ4n) is 0.707. The third-order valence-electron chi connectivity index (χ3n) is 1.19. The van der Waals surface area contributed by atoms with Gasteiger partial charge in [0, 0.05) is 4.57 Å². The first kappa shape index (κ1) is 14.6. The van der Waals surface area contributed by atoms with Gasteiger partial charge in [0.15, 0.2) is 0 Å². The molecule has 0 radical (unpaired) electrons. The highest BCUT2D eigenvalue weighted by Gasteiger charge is 1.98. The van der Waals surface area contributed by atoms with E-state index in [0.29, 0.717) is 0 Å². The molecule has 0 aliphatic carbocycles. The van der Waals surface area contributed by atoms with Gasteiger partial charge in [0.2, 0.25) is 0 Å². The van der Waals surface area contributed by atoms with Gasteiger partial charge >= 0.3 is 16.9 Å². The lowest BCUT2D eigenvalue weighted by Gasteiger charge is -2.02. The van der Waals surface area contributed by atoms with E-state index < -0.39 is 16.9 Å². The van der Waals surface area contributed by atoms with Crippen LogP contribution in [0.4, 0.5) is 0 Å². The quantitative estimate of drug-likeness (QED) is 0.599. The Kier molecular flexibility index (Phi) is 8.56. The zero-order chi connectivity index (χ0) is 11.7. The third kappa shape index (κ3) is 11.5. The molecular weight excluding hydrogens is 242 g/mol. The van der Waals surface area contributed by atoms with Crippen molar-refractivity contribution in [3.8, 4) is 0 Å². The molecule has 4 N–H and O–H groups in total. The van der Waals surface area contributed by atoms with Gasteiger partial charge in [-0.2, -0.15) is 0 Å². The second kappa shape index (κ2) is 8.83. The Morgan fingerprint density at radius 2 is 1.67 bits per heavy atom. The molecular formula is C7H11O6P2+. The first-order valence-electron chi connectivity index (χ1n) is 3.72. The predicted molar refractivity (Wildman–Crippen MR) is 54.6 cm³/mol. The molecule has 0 spiro atoms. The Balaban J connectivity index is 0.000000423. The van der Waals surface area contributed by atoms with Crippen LogP contribution < -0.4 is 0 Å². The Hall–Kier alpha value is -0.450. The largest absolute Gasteiger partial charge is 0.692 e. The van der Waals surface area contributed by atoms with Crippen molar-refractivity contribution in [2.24, 2.45) is 0 Å². The first-order valence-corrected chi connectivity index (χ1v) is 6.05. The van der Waals surface area contributed by atoms with Crippen molar-refractivity contribution < 1.29 is 28.7 Å². The third-order valence-corrected chi connectivity index (χ3v) is 1.55. The van der Waals surface area contributed by atoms with E-state index in [1.165, 1.54) is 0 Å². The SMILES string of the molecule is O=[P+](O)O.OP(O)OCc1ccccc1. The minimum Gasteiger partial charge on any atom is -0.328 e. The van der Waals surface area contributed by atoms with Crippen molar-refractivity contribution in [2.45, 2.75) is 6.61 Å². The first-order chi connectivity index (χ1) is 7.02. The molecule has 15 heavy (non-hydrogen) atoms. The monoisotopic (exact) mass is 253 g/mol. The van der Waals surface area contributed by atoms with E-state index in [1.807, 2.05) is 30.3 Å². The topological polar surface area (TPSA) is 107 Å². The molecule has 0 saturated carbocycles. The van der Waals surface area contributed by atoms with Crippen LogP contribution in [0.25, 0.3) is 0 Å². The van der Waals surface area contributed by atoms with Crippen LogP contribution in [0.3, 0.4) is 0 Å². The molecule has 8 heteroatoms. The van der Waals surface area contributed by atoms with Gasteiger partial charge in [-0.25, -0.2) is 0 Å². The zero-order valence-corrected chi connectivity index (χ0v) is 9.38. The maximum Gasteiger partial charge on any atom is 0.692 e. The maximum atomic E-state index is 8.70. The van der Waals surface area contributed by atoms with Crippen molar-refractivity contribution in [1.82, 2.24) is 0 Å². The second-order valence-corrected chi connectivity index (χ2v) is 3.53. The molecule has 0 saturated heterocycles. The normalized spacial score (nSPS) is 9.40. The number of rotatable bonds is 3. The summed E-state index contributed by atoms with van der Waals surface area (Å²) in [6.07, 6.45) is 0. The van der Waals surface area contributed by atoms with Crippen molar-refractivity contribution in [2.75, 3.05) is 0 Å². The second-order valence-electron chi connectivity index (χ2n) is 2.26. The Morgan fingerprint density at radius 3 is 2.07 bits per heavy atom. The minimum absolute atomic E-state index is 0.250. The lowest BCUT2D eigenvalue weighted by molar-refractivity contribution is 0.246. The lowest BCUT2D eigenvalue weighted by atomic mass is 10.2. The summed E-state index contributed by atoms with van der Waals surface area (Å²) in [6.45, 7) is 0.250. The molecule has 0 unspecified atom stereocenters. The summed E-state index contributed by atoms with van der Waals surface area (Å²) in [5.41, 5.74) is 0.933. The lowest BCUT2D eigenvalue weighted by Crippen LogP contribution is -1.86. The standard InChI is InChI=1S/C7H9O3P.HO3P/c8-11(9)10-6-7-4-2-1-3-5-7;1-4(2)3/h1-5,8-9H,6H2;(H-,1,2,3)/p+1. The van der Waals surface area contributed by atoms with Gasteiger partial charge in [0.1, 0.15) is 0 Å². The summed E-state index contributed by atoms with van der Waals surface area (Å²) in [6, 6.07) is 9.35. The average Bonchev–Trinajstić information content (AvgIpc) is 2.15. The molecule has 1 aromatic carbocycles. The Bertz CT molecular complexity index is 274. The molecule has 0 aromatic heterocycles. The summed E-state index contributed by atoms with van der Waals surface area (Å²) >= 11 is 0. The van der Waals surface area contributed by atoms with Crippen LogP contribution in [-0.2, 0) is 15.7 Å². The van der Waals surface area contributed by atoms with Crippen LogP contribution in [-0.4, -0.2) is 19.6 Å². The van der Waals surface area contributed by atoms with Crippen LogP contribution in [0, 0.1) is 0 Å². The fourth-order valence-corrected chi connectivity index (χ4v) is 0.971. The zero-order valence-electron chi connectivity index (χ0n) is 7.59. The van der Waals surface area contributed by atoms with Crippen molar-refractivity contribution >= 4 is 16.9 Å². The molecule has 0 bridgehead atoms. The summed E-state index contributed by atoms with van der Waals surface area (Å²) < 4.78 is 13.3. The maximum absolute atomic E-state index is 8.70. The van der Waals surface area contributed by atoms with Crippen LogP contribution in [0.5, 0.6) is 0 Å². The van der Waals surface area contributed by atoms with E-state index in [9.17, 15) is 0 Å². The van der Waals surface area contributed by atoms with Crippen LogP contribution in [0.1, 0.15) is 5.56 Å². The van der Waals surface area contributed by atoms with Gasteiger partial charge in [0.05, 0.1) is 6.61 Å². The van der Waals surface area contributed by atoms with Crippen LogP contribution >= 0.6 is 16.9 Å². The van der Waals surface area contributed by atoms with E-state index in [2.05, 4.69) is 4.52 Å². The molecule has 1 aromatic rings. The van der Waals surface area contributed by atoms with E-state index in [4.69, 9.17) is 24.1 Å². The molecule has 0 aliphatic heterocycles. The molecule has 0 heterocycles. The molecule has 84 valence electrons. The summed E-state index contributed by atoms with van der Waals surface area (Å²) in [5, 5.41) is 0. The molecule has 0 aliphatic rings. The number of hydrogen-bond acceptors (Lipinski definition) is 4. The van der Waals surface area contributed by atoms with E-state index in [1.54, 1.807) is 0 Å². The Labute approximate surface area is 88.7 Å². The van der Waals surface area contributed by atoms with Crippen molar-refractivity contribution in [3.63, 3.8) is 0 Å². The Morgan fingerprint density at radius 1 is 1.20 bits per heavy atom. The number of benzene rings is 1. The highest BCUT2D eigenvalue weighted by molar-refractivity contribution is 7.39. The van der Waals surface area contributed by atoms with E-state index in [-0.39, 0.29) is 6.61 Å². The molecule has 6 nitrogen and oxygen atoms in total. The van der Waals surface area contributed by atoms with E-state index >= 15 is 0 Å². The molecule has 0 amide bonds. The smallest absolute Gasteiger partial charge is 0.328 e. The summed E-state index contributed by atoms with van der Waals surface area (Å²) in [7, 11) is -5.09. The van der Waals surface area contributed by atoms with E-state index in [0.717, 1.165) is 5.56 Å².